The molecular formula is C13H14ClF2N3. The van der Waals surface area contributed by atoms with Gasteiger partial charge in [0.05, 0.1) is 6.54 Å². The van der Waals surface area contributed by atoms with Gasteiger partial charge in [-0.2, -0.15) is 8.78 Å². The second-order valence-electron chi connectivity index (χ2n) is 4.33. The van der Waals surface area contributed by atoms with E-state index in [4.69, 9.17) is 11.6 Å². The van der Waals surface area contributed by atoms with Crippen molar-refractivity contribution in [1.29, 1.82) is 0 Å². The molecule has 19 heavy (non-hydrogen) atoms. The predicted molar refractivity (Wildman–Crippen MR) is 70.1 cm³/mol. The summed E-state index contributed by atoms with van der Waals surface area (Å²) in [6.45, 7) is -1.55. The zero-order chi connectivity index (χ0) is 13.8. The molecule has 1 heterocycles. The van der Waals surface area contributed by atoms with E-state index in [-0.39, 0.29) is 0 Å². The first-order chi connectivity index (χ1) is 9.06. The molecule has 6 heteroatoms. The summed E-state index contributed by atoms with van der Waals surface area (Å²) in [5.41, 5.74) is 1.07. The van der Waals surface area contributed by atoms with Crippen LogP contribution >= 0.6 is 11.6 Å². The van der Waals surface area contributed by atoms with Crippen LogP contribution in [0.2, 0.25) is 5.02 Å². The molecule has 0 aliphatic carbocycles. The van der Waals surface area contributed by atoms with Gasteiger partial charge in [0.2, 0.25) is 0 Å². The van der Waals surface area contributed by atoms with Crippen molar-refractivity contribution < 1.29 is 8.78 Å². The molecular weight excluding hydrogens is 272 g/mol. The van der Waals surface area contributed by atoms with Crippen molar-refractivity contribution in [2.45, 2.75) is 19.6 Å². The molecule has 0 radical (unpaired) electrons. The molecule has 102 valence electrons. The number of imidazole rings is 1. The average Bonchev–Trinajstić information content (AvgIpc) is 2.80. The smallest absolute Gasteiger partial charge is 0.295 e. The van der Waals surface area contributed by atoms with Crippen LogP contribution in [-0.2, 0) is 13.1 Å². The Morgan fingerprint density at radius 2 is 1.95 bits per heavy atom. The molecule has 1 aromatic carbocycles. The van der Waals surface area contributed by atoms with Crippen LogP contribution in [0.4, 0.5) is 8.78 Å². The molecule has 0 spiro atoms. The van der Waals surface area contributed by atoms with Crippen LogP contribution in [0.15, 0.2) is 36.7 Å². The lowest BCUT2D eigenvalue weighted by molar-refractivity contribution is 0.0644. The van der Waals surface area contributed by atoms with Crippen molar-refractivity contribution in [2.75, 3.05) is 7.05 Å². The number of hydrogen-bond acceptors (Lipinski definition) is 2. The van der Waals surface area contributed by atoms with E-state index in [2.05, 4.69) is 4.98 Å². The van der Waals surface area contributed by atoms with Gasteiger partial charge in [-0.05, 0) is 24.7 Å². The number of benzene rings is 1. The quantitative estimate of drug-likeness (QED) is 0.837. The summed E-state index contributed by atoms with van der Waals surface area (Å²) in [5.74, 6) is 0.353. The fourth-order valence-corrected chi connectivity index (χ4v) is 1.97. The fourth-order valence-electron chi connectivity index (χ4n) is 1.84. The maximum atomic E-state index is 12.7. The van der Waals surface area contributed by atoms with E-state index in [1.54, 1.807) is 0 Å². The van der Waals surface area contributed by atoms with Crippen molar-refractivity contribution in [3.05, 3.63) is 53.1 Å². The summed E-state index contributed by atoms with van der Waals surface area (Å²) >= 11 is 5.81. The van der Waals surface area contributed by atoms with E-state index in [1.807, 2.05) is 36.2 Å². The molecule has 0 fully saturated rings. The Bertz CT molecular complexity index is 525. The summed E-state index contributed by atoms with van der Waals surface area (Å²) < 4.78 is 26.2. The summed E-state index contributed by atoms with van der Waals surface area (Å²) in [4.78, 5) is 5.87. The lowest BCUT2D eigenvalue weighted by Gasteiger charge is -2.17. The first-order valence-corrected chi connectivity index (χ1v) is 6.17. The molecule has 0 aliphatic rings. The van der Waals surface area contributed by atoms with E-state index in [0.717, 1.165) is 10.1 Å². The van der Waals surface area contributed by atoms with Crippen LogP contribution in [0.1, 0.15) is 17.9 Å². The standard InChI is InChI=1S/C13H14ClF2N3/c1-18(8-10-2-4-11(14)5-3-10)9-12-17-6-7-19(12)13(15)16/h2-7,13H,8-9H2,1H3. The van der Waals surface area contributed by atoms with Gasteiger partial charge in [0, 0.05) is 24.0 Å². The van der Waals surface area contributed by atoms with E-state index >= 15 is 0 Å². The number of rotatable bonds is 5. The van der Waals surface area contributed by atoms with E-state index < -0.39 is 6.55 Å². The third-order valence-corrected chi connectivity index (χ3v) is 2.99. The molecule has 0 saturated carbocycles. The third kappa shape index (κ3) is 3.75. The van der Waals surface area contributed by atoms with Gasteiger partial charge in [0.25, 0.3) is 0 Å². The number of halogens is 3. The number of aromatic nitrogens is 2. The fraction of sp³-hybridized carbons (Fsp3) is 0.308. The van der Waals surface area contributed by atoms with Crippen molar-refractivity contribution in [1.82, 2.24) is 14.5 Å². The molecule has 0 saturated heterocycles. The first kappa shape index (κ1) is 14.0. The van der Waals surface area contributed by atoms with Crippen molar-refractivity contribution in [2.24, 2.45) is 0 Å². The molecule has 0 N–H and O–H groups in total. The Morgan fingerprint density at radius 3 is 2.58 bits per heavy atom. The van der Waals surface area contributed by atoms with Crippen LogP contribution < -0.4 is 0 Å². The topological polar surface area (TPSA) is 21.1 Å². The lowest BCUT2D eigenvalue weighted by atomic mass is 10.2. The van der Waals surface area contributed by atoms with Gasteiger partial charge in [-0.3, -0.25) is 9.47 Å². The molecule has 1 aromatic heterocycles. The molecule has 0 atom stereocenters. The highest BCUT2D eigenvalue weighted by Gasteiger charge is 2.13. The van der Waals surface area contributed by atoms with Gasteiger partial charge < -0.3 is 0 Å². The van der Waals surface area contributed by atoms with E-state index in [0.29, 0.717) is 23.9 Å². The van der Waals surface area contributed by atoms with Gasteiger partial charge >= 0.3 is 6.55 Å². The van der Waals surface area contributed by atoms with Gasteiger partial charge in [0.1, 0.15) is 5.82 Å². The van der Waals surface area contributed by atoms with Gasteiger partial charge in [-0.15, -0.1) is 0 Å². The summed E-state index contributed by atoms with van der Waals surface area (Å²) in [6.07, 6.45) is 2.67. The average molecular weight is 286 g/mol. The largest absolute Gasteiger partial charge is 0.319 e. The summed E-state index contributed by atoms with van der Waals surface area (Å²) in [7, 11) is 1.86. The van der Waals surface area contributed by atoms with Crippen LogP contribution in [0.25, 0.3) is 0 Å². The maximum Gasteiger partial charge on any atom is 0.319 e. The normalized spacial score (nSPS) is 11.5. The summed E-state index contributed by atoms with van der Waals surface area (Å²) in [6, 6.07) is 7.45. The van der Waals surface area contributed by atoms with Crippen molar-refractivity contribution in [3.8, 4) is 0 Å². The highest BCUT2D eigenvalue weighted by Crippen LogP contribution is 2.15. The van der Waals surface area contributed by atoms with Crippen LogP contribution in [0.5, 0.6) is 0 Å². The highest BCUT2D eigenvalue weighted by atomic mass is 35.5. The zero-order valence-electron chi connectivity index (χ0n) is 10.4. The van der Waals surface area contributed by atoms with E-state index in [9.17, 15) is 8.78 Å². The molecule has 0 amide bonds. The minimum absolute atomic E-state index is 0.353. The minimum atomic E-state index is -2.55. The van der Waals surface area contributed by atoms with Crippen LogP contribution in [-0.4, -0.2) is 21.5 Å². The Labute approximate surface area is 115 Å². The number of hydrogen-bond donors (Lipinski definition) is 0. The minimum Gasteiger partial charge on any atom is -0.295 e. The number of alkyl halides is 2. The predicted octanol–water partition coefficient (Wildman–Crippen LogP) is 3.56. The Kier molecular flexibility index (Phi) is 4.50. The summed E-state index contributed by atoms with van der Waals surface area (Å²) in [5, 5.41) is 0.680. The molecule has 0 aliphatic heterocycles. The molecule has 2 aromatic rings. The molecule has 0 bridgehead atoms. The molecule has 3 nitrogen and oxygen atoms in total. The van der Waals surface area contributed by atoms with Crippen LogP contribution in [0, 0.1) is 0 Å². The number of nitrogens with zero attached hydrogens (tertiary/aromatic N) is 3. The van der Waals surface area contributed by atoms with Gasteiger partial charge in [0.15, 0.2) is 0 Å². The maximum absolute atomic E-state index is 12.7. The SMILES string of the molecule is CN(Cc1ccc(Cl)cc1)Cc1nccn1C(F)F. The Balaban J connectivity index is 1.99. The lowest BCUT2D eigenvalue weighted by Crippen LogP contribution is -2.20. The second-order valence-corrected chi connectivity index (χ2v) is 4.76. The highest BCUT2D eigenvalue weighted by molar-refractivity contribution is 6.30. The van der Waals surface area contributed by atoms with E-state index in [1.165, 1.54) is 12.4 Å². The van der Waals surface area contributed by atoms with Crippen molar-refractivity contribution >= 4 is 11.6 Å². The zero-order valence-corrected chi connectivity index (χ0v) is 11.2. The Hall–Kier alpha value is -1.46. The molecule has 2 rings (SSSR count). The molecule has 0 unspecified atom stereocenters. The monoisotopic (exact) mass is 285 g/mol. The van der Waals surface area contributed by atoms with Crippen molar-refractivity contribution in [3.63, 3.8) is 0 Å². The van der Waals surface area contributed by atoms with Gasteiger partial charge in [-0.1, -0.05) is 23.7 Å². The van der Waals surface area contributed by atoms with Crippen LogP contribution in [0.3, 0.4) is 0 Å². The Morgan fingerprint density at radius 1 is 1.26 bits per heavy atom. The van der Waals surface area contributed by atoms with Gasteiger partial charge in [-0.25, -0.2) is 4.98 Å². The third-order valence-electron chi connectivity index (χ3n) is 2.74. The second kappa shape index (κ2) is 6.12. The first-order valence-electron chi connectivity index (χ1n) is 5.79.